The number of nitrogens with one attached hydrogen (secondary N) is 1. The van der Waals surface area contributed by atoms with E-state index in [-0.39, 0.29) is 23.6 Å². The zero-order valence-electron chi connectivity index (χ0n) is 13.5. The number of nitro groups is 1. The lowest BCUT2D eigenvalue weighted by molar-refractivity contribution is -0.384. The quantitative estimate of drug-likeness (QED) is 0.622. The minimum Gasteiger partial charge on any atom is -0.406 e. The molecule has 0 spiro atoms. The number of carbonyl (C=O) groups is 1. The Bertz CT molecular complexity index is 794. The summed E-state index contributed by atoms with van der Waals surface area (Å²) >= 11 is 0. The molecule has 26 heavy (non-hydrogen) atoms. The molecule has 2 aromatic carbocycles. The summed E-state index contributed by atoms with van der Waals surface area (Å²) in [4.78, 5) is 23.9. The summed E-state index contributed by atoms with van der Waals surface area (Å²) in [7, 11) is 1.52. The van der Waals surface area contributed by atoms with Crippen LogP contribution in [0.15, 0.2) is 48.5 Å². The van der Waals surface area contributed by atoms with E-state index in [9.17, 15) is 28.1 Å². The molecule has 0 atom stereocenters. The summed E-state index contributed by atoms with van der Waals surface area (Å²) < 4.78 is 40.0. The first-order valence-electron chi connectivity index (χ1n) is 7.26. The predicted octanol–water partition coefficient (Wildman–Crippen LogP) is 3.57. The molecule has 0 radical (unpaired) electrons. The van der Waals surface area contributed by atoms with Gasteiger partial charge in [0.2, 0.25) is 5.91 Å². The smallest absolute Gasteiger partial charge is 0.406 e. The van der Waals surface area contributed by atoms with Gasteiger partial charge in [-0.3, -0.25) is 14.9 Å². The van der Waals surface area contributed by atoms with Crippen LogP contribution >= 0.6 is 0 Å². The van der Waals surface area contributed by atoms with Crippen LogP contribution in [0.2, 0.25) is 0 Å². The molecule has 2 aromatic rings. The van der Waals surface area contributed by atoms with Crippen LogP contribution in [0.4, 0.5) is 30.2 Å². The Morgan fingerprint density at radius 1 is 1.19 bits per heavy atom. The second kappa shape index (κ2) is 7.72. The van der Waals surface area contributed by atoms with Gasteiger partial charge >= 0.3 is 6.36 Å². The topological polar surface area (TPSA) is 84.7 Å². The highest BCUT2D eigenvalue weighted by Crippen LogP contribution is 2.27. The molecule has 138 valence electrons. The highest BCUT2D eigenvalue weighted by molar-refractivity contribution is 5.94. The Hall–Kier alpha value is -3.30. The Labute approximate surface area is 146 Å². The molecule has 0 aliphatic heterocycles. The first kappa shape index (κ1) is 19.0. The van der Waals surface area contributed by atoms with Crippen LogP contribution in [0, 0.1) is 10.1 Å². The normalized spacial score (nSPS) is 10.9. The third-order valence-corrected chi connectivity index (χ3v) is 3.24. The van der Waals surface area contributed by atoms with E-state index in [4.69, 9.17) is 0 Å². The van der Waals surface area contributed by atoms with Crippen molar-refractivity contribution in [3.63, 3.8) is 0 Å². The second-order valence-electron chi connectivity index (χ2n) is 5.22. The number of hydrogen-bond donors (Lipinski definition) is 1. The fraction of sp³-hybridized carbons (Fsp3) is 0.188. The number of amides is 1. The Morgan fingerprint density at radius 3 is 2.38 bits per heavy atom. The fourth-order valence-electron chi connectivity index (χ4n) is 2.18. The van der Waals surface area contributed by atoms with Crippen LogP contribution in [-0.4, -0.2) is 30.8 Å². The number of ether oxygens (including phenoxy) is 1. The highest BCUT2D eigenvalue weighted by Gasteiger charge is 2.31. The van der Waals surface area contributed by atoms with Crippen molar-refractivity contribution in [1.29, 1.82) is 0 Å². The van der Waals surface area contributed by atoms with E-state index in [0.717, 1.165) is 12.1 Å². The maximum atomic E-state index is 12.1. The van der Waals surface area contributed by atoms with E-state index in [2.05, 4.69) is 10.1 Å². The Balaban J connectivity index is 1.99. The Kier molecular flexibility index (Phi) is 5.65. The molecule has 1 N–H and O–H groups in total. The van der Waals surface area contributed by atoms with E-state index >= 15 is 0 Å². The molecule has 0 aliphatic carbocycles. The lowest BCUT2D eigenvalue weighted by atomic mass is 10.2. The molecule has 0 aromatic heterocycles. The van der Waals surface area contributed by atoms with Crippen LogP contribution in [0.25, 0.3) is 0 Å². The second-order valence-corrected chi connectivity index (χ2v) is 5.22. The van der Waals surface area contributed by atoms with Crippen molar-refractivity contribution in [3.8, 4) is 5.75 Å². The number of alkyl halides is 3. The van der Waals surface area contributed by atoms with E-state index < -0.39 is 22.9 Å². The number of nitrogens with zero attached hydrogens (tertiary/aromatic N) is 2. The van der Waals surface area contributed by atoms with Crippen molar-refractivity contribution in [1.82, 2.24) is 0 Å². The molecule has 7 nitrogen and oxygen atoms in total. The van der Waals surface area contributed by atoms with Gasteiger partial charge in [0, 0.05) is 18.8 Å². The lowest BCUT2D eigenvalue weighted by Crippen LogP contribution is -2.30. The van der Waals surface area contributed by atoms with Gasteiger partial charge in [0.25, 0.3) is 5.69 Å². The summed E-state index contributed by atoms with van der Waals surface area (Å²) in [6.07, 6.45) is -4.79. The minimum absolute atomic E-state index is 0.142. The Morgan fingerprint density at radius 2 is 1.81 bits per heavy atom. The number of likely N-dealkylation sites (N-methyl/N-ethyl adjacent to an activating group) is 1. The highest BCUT2D eigenvalue weighted by atomic mass is 19.4. The number of halogens is 3. The van der Waals surface area contributed by atoms with Crippen molar-refractivity contribution in [3.05, 3.63) is 58.6 Å². The molecular weight excluding hydrogens is 355 g/mol. The summed E-state index contributed by atoms with van der Waals surface area (Å²) in [6.45, 7) is -0.189. The molecule has 0 bridgehead atoms. The van der Waals surface area contributed by atoms with Crippen molar-refractivity contribution in [2.75, 3.05) is 23.8 Å². The predicted molar refractivity (Wildman–Crippen MR) is 88.1 cm³/mol. The lowest BCUT2D eigenvalue weighted by Gasteiger charge is -2.18. The number of nitro benzene ring substituents is 1. The van der Waals surface area contributed by atoms with Crippen LogP contribution in [-0.2, 0) is 4.79 Å². The van der Waals surface area contributed by atoms with Gasteiger partial charge in [-0.1, -0.05) is 12.1 Å². The van der Waals surface area contributed by atoms with Crippen LogP contribution < -0.4 is 15.0 Å². The molecular formula is C16H14F3N3O4. The van der Waals surface area contributed by atoms with Crippen molar-refractivity contribution < 1.29 is 27.6 Å². The molecule has 0 saturated heterocycles. The maximum Gasteiger partial charge on any atom is 0.573 e. The van der Waals surface area contributed by atoms with Crippen LogP contribution in [0.5, 0.6) is 5.75 Å². The molecule has 0 saturated carbocycles. The number of rotatable bonds is 6. The van der Waals surface area contributed by atoms with Gasteiger partial charge in [-0.2, -0.15) is 0 Å². The van der Waals surface area contributed by atoms with Crippen molar-refractivity contribution in [2.45, 2.75) is 6.36 Å². The average Bonchev–Trinajstić information content (AvgIpc) is 2.55. The fourth-order valence-corrected chi connectivity index (χ4v) is 2.18. The monoisotopic (exact) mass is 369 g/mol. The average molecular weight is 369 g/mol. The van der Waals surface area contributed by atoms with Gasteiger partial charge in [-0.05, 0) is 30.3 Å². The molecule has 10 heteroatoms. The van der Waals surface area contributed by atoms with Crippen molar-refractivity contribution in [2.24, 2.45) is 0 Å². The van der Waals surface area contributed by atoms with E-state index in [1.165, 1.54) is 42.3 Å². The van der Waals surface area contributed by atoms with Gasteiger partial charge in [0.1, 0.15) is 11.4 Å². The summed E-state index contributed by atoms with van der Waals surface area (Å²) in [6, 6.07) is 10.6. The third kappa shape index (κ3) is 5.36. The summed E-state index contributed by atoms with van der Waals surface area (Å²) in [5, 5.41) is 13.5. The summed E-state index contributed by atoms with van der Waals surface area (Å²) in [5.74, 6) is -0.900. The van der Waals surface area contributed by atoms with Gasteiger partial charge in [0.05, 0.1) is 11.5 Å². The van der Waals surface area contributed by atoms with Crippen LogP contribution in [0.3, 0.4) is 0 Å². The minimum atomic E-state index is -4.79. The molecule has 0 unspecified atom stereocenters. The van der Waals surface area contributed by atoms with Gasteiger partial charge < -0.3 is 15.0 Å². The molecule has 0 heterocycles. The van der Waals surface area contributed by atoms with Gasteiger partial charge in [-0.25, -0.2) is 0 Å². The number of hydrogen-bond acceptors (Lipinski definition) is 5. The molecule has 0 aliphatic rings. The first-order chi connectivity index (χ1) is 12.2. The first-order valence-corrected chi connectivity index (χ1v) is 7.26. The van der Waals surface area contributed by atoms with Gasteiger partial charge in [-0.15, -0.1) is 13.2 Å². The largest absolute Gasteiger partial charge is 0.573 e. The number of benzene rings is 2. The van der Waals surface area contributed by atoms with Gasteiger partial charge in [0.15, 0.2) is 0 Å². The summed E-state index contributed by atoms with van der Waals surface area (Å²) in [5.41, 5.74) is 0.388. The number of para-hydroxylation sites is 2. The van der Waals surface area contributed by atoms with E-state index in [1.54, 1.807) is 6.07 Å². The standard InChI is InChI=1S/C16H14F3N3O4/c1-21(13-4-2-3-5-14(13)22(24)25)10-15(23)20-11-6-8-12(9-7-11)26-16(17,18)19/h2-9H,10H2,1H3,(H,20,23). The van der Waals surface area contributed by atoms with E-state index in [1.807, 2.05) is 0 Å². The molecule has 2 rings (SSSR count). The molecule has 0 fully saturated rings. The zero-order chi connectivity index (χ0) is 19.3. The number of carbonyl (C=O) groups excluding carboxylic acids is 1. The maximum absolute atomic E-state index is 12.1. The number of anilines is 2. The van der Waals surface area contributed by atoms with E-state index in [0.29, 0.717) is 0 Å². The SMILES string of the molecule is CN(CC(=O)Nc1ccc(OC(F)(F)F)cc1)c1ccccc1[N+](=O)[O-]. The van der Waals surface area contributed by atoms with Crippen molar-refractivity contribution >= 4 is 23.0 Å². The molecule has 1 amide bonds. The van der Waals surface area contributed by atoms with Crippen LogP contribution in [0.1, 0.15) is 0 Å². The third-order valence-electron chi connectivity index (χ3n) is 3.24. The zero-order valence-corrected chi connectivity index (χ0v) is 13.5.